The summed E-state index contributed by atoms with van der Waals surface area (Å²) in [6.45, 7) is 12.1. The van der Waals surface area contributed by atoms with E-state index in [4.69, 9.17) is 4.74 Å². The van der Waals surface area contributed by atoms with Gasteiger partial charge in [0.2, 0.25) is 5.91 Å². The summed E-state index contributed by atoms with van der Waals surface area (Å²) in [4.78, 5) is 20.9. The maximum Gasteiger partial charge on any atom is 0.227 e. The second-order valence-corrected chi connectivity index (χ2v) is 7.20. The first-order chi connectivity index (χ1) is 12.3. The number of guanidine groups is 1. The van der Waals surface area contributed by atoms with Crippen LogP contribution in [0.1, 0.15) is 39.8 Å². The van der Waals surface area contributed by atoms with Crippen molar-refractivity contribution in [2.75, 3.05) is 32.1 Å². The summed E-state index contributed by atoms with van der Waals surface area (Å²) in [6.07, 6.45) is 0.348. The Balaban J connectivity index is 2.49. The number of aromatic nitrogens is 1. The molecule has 1 rings (SSSR count). The highest BCUT2D eigenvalue weighted by Gasteiger charge is 2.24. The maximum absolute atomic E-state index is 12.0. The third kappa shape index (κ3) is 8.29. The lowest BCUT2D eigenvalue weighted by atomic mass is 9.89. The van der Waals surface area contributed by atoms with Gasteiger partial charge in [-0.3, -0.25) is 9.79 Å². The number of amides is 1. The molecule has 1 amide bonds. The first kappa shape index (κ1) is 21.9. The highest BCUT2D eigenvalue weighted by atomic mass is 16.5. The molecule has 1 heterocycles. The molecular weight excluding hydrogens is 330 g/mol. The highest BCUT2D eigenvalue weighted by molar-refractivity contribution is 5.90. The Bertz CT molecular complexity index is 596. The van der Waals surface area contributed by atoms with Gasteiger partial charge in [-0.25, -0.2) is 4.98 Å². The lowest BCUT2D eigenvalue weighted by Gasteiger charge is -2.28. The fraction of sp³-hybridized carbons (Fsp3) is 0.632. The predicted molar refractivity (Wildman–Crippen MR) is 106 cm³/mol. The van der Waals surface area contributed by atoms with Crippen LogP contribution in [-0.4, -0.2) is 49.7 Å². The van der Waals surface area contributed by atoms with E-state index in [0.29, 0.717) is 31.3 Å². The number of hydrogen-bond acceptors (Lipinski definition) is 4. The quantitative estimate of drug-likeness (QED) is 0.487. The molecule has 0 aliphatic rings. The highest BCUT2D eigenvalue weighted by Crippen LogP contribution is 2.21. The van der Waals surface area contributed by atoms with Gasteiger partial charge in [0.15, 0.2) is 5.96 Å². The molecule has 0 saturated heterocycles. The van der Waals surface area contributed by atoms with Crippen LogP contribution >= 0.6 is 0 Å². The van der Waals surface area contributed by atoms with E-state index in [0.717, 1.165) is 12.2 Å². The van der Waals surface area contributed by atoms with Crippen molar-refractivity contribution in [3.8, 4) is 0 Å². The van der Waals surface area contributed by atoms with Crippen LogP contribution in [0.3, 0.4) is 0 Å². The molecule has 0 radical (unpaired) electrons. The summed E-state index contributed by atoms with van der Waals surface area (Å²) in [7, 11) is 1.70. The van der Waals surface area contributed by atoms with Crippen LogP contribution in [0.15, 0.2) is 23.2 Å². The average molecular weight is 364 g/mol. The van der Waals surface area contributed by atoms with E-state index in [9.17, 15) is 4.79 Å². The first-order valence-corrected chi connectivity index (χ1v) is 9.04. The van der Waals surface area contributed by atoms with E-state index in [1.807, 2.05) is 26.0 Å². The molecule has 7 nitrogen and oxygen atoms in total. The van der Waals surface area contributed by atoms with Gasteiger partial charge in [0.25, 0.3) is 0 Å². The number of nitrogens with one attached hydrogen (secondary N) is 3. The van der Waals surface area contributed by atoms with E-state index in [1.165, 1.54) is 0 Å². The first-order valence-electron chi connectivity index (χ1n) is 9.04. The Morgan fingerprint density at radius 2 is 2.04 bits per heavy atom. The second-order valence-electron chi connectivity index (χ2n) is 7.20. The van der Waals surface area contributed by atoms with Crippen molar-refractivity contribution in [2.24, 2.45) is 10.4 Å². The van der Waals surface area contributed by atoms with E-state index >= 15 is 0 Å². The molecular formula is C19H33N5O2. The van der Waals surface area contributed by atoms with Crippen LogP contribution in [0.4, 0.5) is 5.82 Å². The number of anilines is 1. The summed E-state index contributed by atoms with van der Waals surface area (Å²) in [5, 5.41) is 9.16. The largest absolute Gasteiger partial charge is 0.379 e. The fourth-order valence-electron chi connectivity index (χ4n) is 2.33. The SMILES string of the molecule is CCNC(=NCC(OC)C(C)(C)C)NCCC(=O)Nc1cccc(C)n1. The number of methoxy groups -OCH3 is 1. The van der Waals surface area contributed by atoms with Gasteiger partial charge >= 0.3 is 0 Å². The van der Waals surface area contributed by atoms with Crippen LogP contribution in [0, 0.1) is 12.3 Å². The van der Waals surface area contributed by atoms with Crippen molar-refractivity contribution < 1.29 is 9.53 Å². The normalized spacial score (nSPS) is 13.2. The molecule has 0 saturated carbocycles. The third-order valence-electron chi connectivity index (χ3n) is 3.81. The Labute approximate surface area is 157 Å². The molecule has 0 aliphatic heterocycles. The standard InChI is InChI=1S/C19H33N5O2/c1-7-20-18(22-13-15(26-6)19(3,4)5)21-12-11-17(25)24-16-10-8-9-14(2)23-16/h8-10,15H,7,11-13H2,1-6H3,(H2,20,21,22)(H,23,24,25). The number of ether oxygens (including phenoxy) is 1. The van der Waals surface area contributed by atoms with E-state index in [2.05, 4.69) is 46.7 Å². The number of carbonyl (C=O) groups excluding carboxylic acids is 1. The smallest absolute Gasteiger partial charge is 0.227 e. The number of aliphatic imine (C=N–C) groups is 1. The zero-order chi connectivity index (χ0) is 19.6. The molecule has 3 N–H and O–H groups in total. The molecule has 1 unspecified atom stereocenters. The van der Waals surface area contributed by atoms with Gasteiger partial charge in [0, 0.05) is 32.3 Å². The third-order valence-corrected chi connectivity index (χ3v) is 3.81. The summed E-state index contributed by atoms with van der Waals surface area (Å²) in [5.41, 5.74) is 0.880. The molecule has 0 spiro atoms. The van der Waals surface area contributed by atoms with Gasteiger partial charge in [-0.05, 0) is 31.4 Å². The predicted octanol–water partition coefficient (Wildman–Crippen LogP) is 2.33. The van der Waals surface area contributed by atoms with Crippen LogP contribution in [0.2, 0.25) is 0 Å². The van der Waals surface area contributed by atoms with Crippen molar-refractivity contribution in [1.82, 2.24) is 15.6 Å². The molecule has 26 heavy (non-hydrogen) atoms. The Hall–Kier alpha value is -2.15. The Morgan fingerprint density at radius 3 is 2.62 bits per heavy atom. The van der Waals surface area contributed by atoms with Crippen LogP contribution in [0.25, 0.3) is 0 Å². The van der Waals surface area contributed by atoms with Gasteiger partial charge in [-0.2, -0.15) is 0 Å². The van der Waals surface area contributed by atoms with Gasteiger partial charge in [0.05, 0.1) is 12.6 Å². The van der Waals surface area contributed by atoms with Crippen LogP contribution in [-0.2, 0) is 9.53 Å². The van der Waals surface area contributed by atoms with Crippen molar-refractivity contribution in [1.29, 1.82) is 0 Å². The zero-order valence-corrected chi connectivity index (χ0v) is 16.8. The number of pyridine rings is 1. The monoisotopic (exact) mass is 363 g/mol. The van der Waals surface area contributed by atoms with Crippen LogP contribution in [0.5, 0.6) is 0 Å². The average Bonchev–Trinajstić information content (AvgIpc) is 2.54. The number of aryl methyl sites for hydroxylation is 1. The Kier molecular flexibility index (Phi) is 9.05. The van der Waals surface area contributed by atoms with Gasteiger partial charge in [0.1, 0.15) is 5.82 Å². The van der Waals surface area contributed by atoms with Gasteiger partial charge in [-0.15, -0.1) is 0 Å². The lowest BCUT2D eigenvalue weighted by Crippen LogP contribution is -2.40. The van der Waals surface area contributed by atoms with Gasteiger partial charge < -0.3 is 20.7 Å². The van der Waals surface area contributed by atoms with Crippen molar-refractivity contribution in [2.45, 2.75) is 47.1 Å². The number of hydrogen-bond donors (Lipinski definition) is 3. The minimum atomic E-state index is -0.0871. The van der Waals surface area contributed by atoms with Gasteiger partial charge in [-0.1, -0.05) is 26.8 Å². The zero-order valence-electron chi connectivity index (χ0n) is 16.8. The fourth-order valence-corrected chi connectivity index (χ4v) is 2.33. The molecule has 0 aliphatic carbocycles. The maximum atomic E-state index is 12.0. The molecule has 7 heteroatoms. The summed E-state index contributed by atoms with van der Waals surface area (Å²) < 4.78 is 5.53. The molecule has 0 bridgehead atoms. The van der Waals surface area contributed by atoms with E-state index in [1.54, 1.807) is 13.2 Å². The van der Waals surface area contributed by atoms with E-state index in [-0.39, 0.29) is 17.4 Å². The molecule has 146 valence electrons. The molecule has 1 aromatic heterocycles. The van der Waals surface area contributed by atoms with Crippen molar-refractivity contribution >= 4 is 17.7 Å². The molecule has 0 fully saturated rings. The summed E-state index contributed by atoms with van der Waals surface area (Å²) >= 11 is 0. The molecule has 0 aromatic carbocycles. The second kappa shape index (κ2) is 10.8. The van der Waals surface area contributed by atoms with Crippen molar-refractivity contribution in [3.63, 3.8) is 0 Å². The summed E-state index contributed by atoms with van der Waals surface area (Å²) in [6, 6.07) is 5.54. The topological polar surface area (TPSA) is 87.6 Å². The molecule has 1 atom stereocenters. The minimum absolute atomic E-state index is 0.0102. The van der Waals surface area contributed by atoms with Crippen molar-refractivity contribution in [3.05, 3.63) is 23.9 Å². The van der Waals surface area contributed by atoms with E-state index < -0.39 is 0 Å². The number of nitrogens with zero attached hydrogens (tertiary/aromatic N) is 2. The lowest BCUT2D eigenvalue weighted by molar-refractivity contribution is -0.116. The minimum Gasteiger partial charge on any atom is -0.379 e. The number of carbonyl (C=O) groups is 1. The summed E-state index contributed by atoms with van der Waals surface area (Å²) in [5.74, 6) is 1.17. The Morgan fingerprint density at radius 1 is 1.31 bits per heavy atom. The molecule has 1 aromatic rings. The number of rotatable bonds is 8. The van der Waals surface area contributed by atoms with Crippen LogP contribution < -0.4 is 16.0 Å².